The predicted octanol–water partition coefficient (Wildman–Crippen LogP) is 3.68. The summed E-state index contributed by atoms with van der Waals surface area (Å²) in [5.41, 5.74) is 4.22. The summed E-state index contributed by atoms with van der Waals surface area (Å²) in [5.74, 6) is -1.68. The molecule has 5 rings (SSSR count). The lowest BCUT2D eigenvalue weighted by molar-refractivity contribution is 0.0992. The number of anilines is 2. The fourth-order valence-corrected chi connectivity index (χ4v) is 6.70. The smallest absolute Gasteiger partial charge is 0.243 e. The highest BCUT2D eigenvalue weighted by atomic mass is 32.2. The second kappa shape index (κ2) is 11.9. The van der Waals surface area contributed by atoms with Crippen molar-refractivity contribution >= 4 is 27.2 Å². The number of fused-ring (bicyclic) bond motifs is 1. The number of aromatic nitrogens is 2. The maximum Gasteiger partial charge on any atom is 0.243 e. The molecular weight excluding hydrogens is 550 g/mol. The van der Waals surface area contributed by atoms with E-state index in [9.17, 15) is 22.0 Å². The molecule has 2 aliphatic rings. The number of carbonyl (C=O) groups excluding carboxylic acids is 1. The number of benzene rings is 2. The van der Waals surface area contributed by atoms with Crippen LogP contribution in [0.4, 0.5) is 20.2 Å². The molecular formula is C29H36F2N6O3S. The summed E-state index contributed by atoms with van der Waals surface area (Å²) < 4.78 is 55.1. The minimum Gasteiger partial charge on any atom is -0.384 e. The molecule has 9 nitrogen and oxygen atoms in total. The molecule has 0 amide bonds. The Labute approximate surface area is 239 Å². The Kier molecular flexibility index (Phi) is 8.44. The molecule has 3 heterocycles. The van der Waals surface area contributed by atoms with Gasteiger partial charge in [0, 0.05) is 86.5 Å². The van der Waals surface area contributed by atoms with Crippen molar-refractivity contribution in [2.75, 3.05) is 56.5 Å². The van der Waals surface area contributed by atoms with Crippen LogP contribution in [0, 0.1) is 17.6 Å². The third kappa shape index (κ3) is 6.44. The maximum absolute atomic E-state index is 13.8. The molecule has 0 aliphatic carbocycles. The predicted molar refractivity (Wildman–Crippen MR) is 154 cm³/mol. The average Bonchev–Trinajstić information content (AvgIpc) is 3.33. The van der Waals surface area contributed by atoms with Gasteiger partial charge in [-0.3, -0.25) is 9.89 Å². The number of sulfonamides is 1. The van der Waals surface area contributed by atoms with Crippen LogP contribution in [0.5, 0.6) is 0 Å². The van der Waals surface area contributed by atoms with Crippen molar-refractivity contribution in [1.29, 1.82) is 0 Å². The lowest BCUT2D eigenvalue weighted by Crippen LogP contribution is -2.44. The van der Waals surface area contributed by atoms with E-state index in [1.807, 2.05) is 18.2 Å². The van der Waals surface area contributed by atoms with E-state index in [2.05, 4.69) is 46.2 Å². The van der Waals surface area contributed by atoms with Gasteiger partial charge < -0.3 is 15.1 Å². The Morgan fingerprint density at radius 2 is 1.76 bits per heavy atom. The molecule has 0 atom stereocenters. The lowest BCUT2D eigenvalue weighted by Gasteiger charge is -2.34. The second-order valence-electron chi connectivity index (χ2n) is 11.2. The molecule has 3 aromatic rings. The van der Waals surface area contributed by atoms with Gasteiger partial charge in [0.2, 0.25) is 10.0 Å². The van der Waals surface area contributed by atoms with Gasteiger partial charge in [0.15, 0.2) is 5.78 Å². The molecule has 0 bridgehead atoms. The van der Waals surface area contributed by atoms with E-state index in [0.29, 0.717) is 41.8 Å². The van der Waals surface area contributed by atoms with Crippen LogP contribution in [-0.2, 0) is 29.4 Å². The maximum atomic E-state index is 13.8. The zero-order valence-corrected chi connectivity index (χ0v) is 24.4. The van der Waals surface area contributed by atoms with E-state index < -0.39 is 26.6 Å². The number of hydrogen-bond donors (Lipinski definition) is 2. The quantitative estimate of drug-likeness (QED) is 0.369. The van der Waals surface area contributed by atoms with Crippen LogP contribution in [0.25, 0.3) is 0 Å². The van der Waals surface area contributed by atoms with Gasteiger partial charge in [0.25, 0.3) is 0 Å². The Hall–Kier alpha value is -3.35. The van der Waals surface area contributed by atoms with Crippen molar-refractivity contribution < 1.29 is 22.0 Å². The van der Waals surface area contributed by atoms with Gasteiger partial charge in [-0.15, -0.1) is 0 Å². The molecule has 1 fully saturated rings. The molecule has 2 N–H and O–H groups in total. The first-order valence-corrected chi connectivity index (χ1v) is 15.3. The summed E-state index contributed by atoms with van der Waals surface area (Å²) in [4.78, 5) is 17.8. The van der Waals surface area contributed by atoms with E-state index in [1.165, 1.54) is 4.31 Å². The second-order valence-corrected chi connectivity index (χ2v) is 13.2. The Bertz CT molecular complexity index is 1510. The van der Waals surface area contributed by atoms with Gasteiger partial charge >= 0.3 is 0 Å². The minimum atomic E-state index is -4.16. The number of Topliss-reactive ketones (excluding diaryl/α,β-unsaturated/α-hetero) is 1. The highest BCUT2D eigenvalue weighted by molar-refractivity contribution is 7.89. The van der Waals surface area contributed by atoms with Crippen LogP contribution in [0.15, 0.2) is 41.3 Å². The number of H-pyrrole nitrogens is 1. The number of nitrogens with one attached hydrogen (secondary N) is 2. The zero-order chi connectivity index (χ0) is 29.3. The monoisotopic (exact) mass is 586 g/mol. The van der Waals surface area contributed by atoms with Gasteiger partial charge in [-0.2, -0.15) is 9.40 Å². The van der Waals surface area contributed by atoms with Crippen molar-refractivity contribution in [3.05, 3.63) is 70.5 Å². The normalized spacial score (nSPS) is 16.7. The number of likely N-dealkylation sites (N-methyl/N-ethyl adjacent to an activating group) is 1. The number of nitrogens with zero attached hydrogens (tertiary/aromatic N) is 4. The number of aromatic amines is 1. The van der Waals surface area contributed by atoms with Gasteiger partial charge in [-0.1, -0.05) is 13.8 Å². The summed E-state index contributed by atoms with van der Waals surface area (Å²) in [6.45, 7) is 8.76. The minimum absolute atomic E-state index is 0.0153. The molecule has 41 heavy (non-hydrogen) atoms. The van der Waals surface area contributed by atoms with Gasteiger partial charge in [-0.05, 0) is 43.3 Å². The summed E-state index contributed by atoms with van der Waals surface area (Å²) in [6, 6.07) is 8.12. The fraction of sp³-hybridized carbons (Fsp3) is 0.448. The van der Waals surface area contributed by atoms with E-state index in [4.69, 9.17) is 0 Å². The van der Waals surface area contributed by atoms with Crippen LogP contribution < -0.4 is 10.2 Å². The molecule has 2 aliphatic heterocycles. The topological polar surface area (TPSA) is 102 Å². The van der Waals surface area contributed by atoms with Crippen LogP contribution in [0.2, 0.25) is 0 Å². The first kappa shape index (κ1) is 29.2. The first-order valence-electron chi connectivity index (χ1n) is 13.9. The van der Waals surface area contributed by atoms with Gasteiger partial charge in [0.1, 0.15) is 11.6 Å². The Morgan fingerprint density at radius 3 is 2.44 bits per heavy atom. The van der Waals surface area contributed by atoms with Crippen molar-refractivity contribution in [2.24, 2.45) is 5.92 Å². The Morgan fingerprint density at radius 1 is 1.05 bits per heavy atom. The molecule has 220 valence electrons. The summed E-state index contributed by atoms with van der Waals surface area (Å²) in [7, 11) is -2.05. The van der Waals surface area contributed by atoms with Crippen molar-refractivity contribution in [3.63, 3.8) is 0 Å². The highest BCUT2D eigenvalue weighted by Crippen LogP contribution is 2.30. The molecule has 0 unspecified atom stereocenters. The number of ketones is 1. The highest BCUT2D eigenvalue weighted by Gasteiger charge is 2.32. The Balaban J connectivity index is 1.37. The van der Waals surface area contributed by atoms with Crippen molar-refractivity contribution in [3.8, 4) is 0 Å². The van der Waals surface area contributed by atoms with Crippen LogP contribution in [0.1, 0.15) is 41.2 Å². The van der Waals surface area contributed by atoms with Crippen LogP contribution in [-0.4, -0.2) is 79.9 Å². The van der Waals surface area contributed by atoms with Crippen LogP contribution >= 0.6 is 0 Å². The fourth-order valence-electron chi connectivity index (χ4n) is 5.25. The lowest BCUT2D eigenvalue weighted by atomic mass is 9.99. The van der Waals surface area contributed by atoms with E-state index in [-0.39, 0.29) is 25.3 Å². The SMILES string of the molecule is CC(C)CNc1cc(N2CCN(C)CC2)ccc1C(=O)Cc1n[nH]c2c1CN(S(=O)(=O)c1cc(F)cc(F)c1)CC2. The van der Waals surface area contributed by atoms with E-state index in [0.717, 1.165) is 55.4 Å². The van der Waals surface area contributed by atoms with Crippen LogP contribution in [0.3, 0.4) is 0 Å². The molecule has 0 radical (unpaired) electrons. The third-order valence-electron chi connectivity index (χ3n) is 7.66. The summed E-state index contributed by atoms with van der Waals surface area (Å²) >= 11 is 0. The standard InChI is InChI=1S/C29H36F2N6O3S/c1-19(2)17-32-27-15-22(36-10-8-35(3)9-11-36)4-5-24(27)29(38)16-28-25-18-37(7-6-26(25)33-34-28)41(39,40)23-13-20(30)12-21(31)14-23/h4-5,12-15,19,32H,6-11,16-18H2,1-3H3,(H,33,34). The number of hydrogen-bond acceptors (Lipinski definition) is 7. The van der Waals surface area contributed by atoms with E-state index >= 15 is 0 Å². The average molecular weight is 587 g/mol. The van der Waals surface area contributed by atoms with Crippen molar-refractivity contribution in [2.45, 2.75) is 38.1 Å². The summed E-state index contributed by atoms with van der Waals surface area (Å²) in [5, 5.41) is 10.8. The number of carbonyl (C=O) groups is 1. The third-order valence-corrected chi connectivity index (χ3v) is 9.48. The van der Waals surface area contributed by atoms with Crippen molar-refractivity contribution in [1.82, 2.24) is 19.4 Å². The molecule has 0 spiro atoms. The molecule has 0 saturated carbocycles. The number of halogens is 2. The molecule has 1 aromatic heterocycles. The number of piperazine rings is 1. The molecule has 12 heteroatoms. The van der Waals surface area contributed by atoms with Gasteiger partial charge in [0.05, 0.1) is 17.0 Å². The molecule has 2 aromatic carbocycles. The summed E-state index contributed by atoms with van der Waals surface area (Å²) in [6.07, 6.45) is 0.326. The molecule has 1 saturated heterocycles. The largest absolute Gasteiger partial charge is 0.384 e. The van der Waals surface area contributed by atoms with Gasteiger partial charge in [-0.25, -0.2) is 17.2 Å². The van der Waals surface area contributed by atoms with E-state index in [1.54, 1.807) is 0 Å². The first-order chi connectivity index (χ1) is 19.5. The number of rotatable bonds is 9. The zero-order valence-electron chi connectivity index (χ0n) is 23.6.